The molecule has 0 unspecified atom stereocenters. The summed E-state index contributed by atoms with van der Waals surface area (Å²) in [4.78, 5) is 8.12. The van der Waals surface area contributed by atoms with Gasteiger partial charge in [0.15, 0.2) is 5.65 Å². The normalized spacial score (nSPS) is 12.6. The SMILES string of the molecule is CC(C)c1ccc2ncn(CC(F)(F)F)c2n1. The monoisotopic (exact) mass is 243 g/mol. The fraction of sp³-hybridized carbons (Fsp3) is 0.455. The molecule has 0 bridgehead atoms. The maximum Gasteiger partial charge on any atom is 0.406 e. The molecule has 0 saturated carbocycles. The van der Waals surface area contributed by atoms with E-state index in [1.165, 1.54) is 6.33 Å². The van der Waals surface area contributed by atoms with Gasteiger partial charge >= 0.3 is 6.18 Å². The first-order valence-electron chi connectivity index (χ1n) is 5.25. The molecule has 92 valence electrons. The van der Waals surface area contributed by atoms with Crippen LogP contribution in [0.3, 0.4) is 0 Å². The van der Waals surface area contributed by atoms with E-state index in [1.807, 2.05) is 13.8 Å². The minimum Gasteiger partial charge on any atom is -0.306 e. The van der Waals surface area contributed by atoms with Gasteiger partial charge < -0.3 is 4.57 Å². The Morgan fingerprint density at radius 3 is 2.59 bits per heavy atom. The molecule has 0 aromatic carbocycles. The first-order chi connectivity index (χ1) is 7.87. The number of nitrogens with zero attached hydrogens (tertiary/aromatic N) is 3. The van der Waals surface area contributed by atoms with Crippen molar-refractivity contribution in [2.75, 3.05) is 0 Å². The zero-order valence-corrected chi connectivity index (χ0v) is 9.49. The lowest BCUT2D eigenvalue weighted by atomic mass is 10.1. The number of alkyl halides is 3. The summed E-state index contributed by atoms with van der Waals surface area (Å²) in [5.41, 5.74) is 1.54. The molecule has 0 saturated heterocycles. The summed E-state index contributed by atoms with van der Waals surface area (Å²) in [6.07, 6.45) is -3.08. The number of aromatic nitrogens is 3. The number of halogens is 3. The van der Waals surface area contributed by atoms with E-state index in [0.717, 1.165) is 10.3 Å². The van der Waals surface area contributed by atoms with Crippen LogP contribution in [-0.2, 0) is 6.54 Å². The Hall–Kier alpha value is -1.59. The summed E-state index contributed by atoms with van der Waals surface area (Å²) in [6, 6.07) is 3.49. The van der Waals surface area contributed by atoms with Crippen molar-refractivity contribution in [1.29, 1.82) is 0 Å². The summed E-state index contributed by atoms with van der Waals surface area (Å²) < 4.78 is 38.0. The molecule has 2 rings (SSSR count). The van der Waals surface area contributed by atoms with Crippen molar-refractivity contribution in [2.24, 2.45) is 0 Å². The van der Waals surface area contributed by atoms with Crippen molar-refractivity contribution in [3.8, 4) is 0 Å². The van der Waals surface area contributed by atoms with Crippen LogP contribution in [0.15, 0.2) is 18.5 Å². The largest absolute Gasteiger partial charge is 0.406 e. The molecule has 0 aliphatic rings. The summed E-state index contributed by atoms with van der Waals surface area (Å²) in [7, 11) is 0. The maximum absolute atomic E-state index is 12.3. The highest BCUT2D eigenvalue weighted by Crippen LogP contribution is 2.22. The third kappa shape index (κ3) is 2.57. The van der Waals surface area contributed by atoms with Gasteiger partial charge in [-0.15, -0.1) is 0 Å². The van der Waals surface area contributed by atoms with E-state index in [0.29, 0.717) is 5.52 Å². The second kappa shape index (κ2) is 4.01. The second-order valence-corrected chi connectivity index (χ2v) is 4.22. The highest BCUT2D eigenvalue weighted by Gasteiger charge is 2.28. The van der Waals surface area contributed by atoms with Crippen molar-refractivity contribution in [2.45, 2.75) is 32.5 Å². The van der Waals surface area contributed by atoms with Crippen molar-refractivity contribution >= 4 is 11.2 Å². The van der Waals surface area contributed by atoms with Crippen LogP contribution in [0.2, 0.25) is 0 Å². The molecular weight excluding hydrogens is 231 g/mol. The molecule has 0 fully saturated rings. The van der Waals surface area contributed by atoms with E-state index in [4.69, 9.17) is 0 Å². The molecular formula is C11H12F3N3. The molecule has 0 amide bonds. The van der Waals surface area contributed by atoms with Crippen LogP contribution in [-0.4, -0.2) is 20.7 Å². The van der Waals surface area contributed by atoms with Gasteiger partial charge in [0.25, 0.3) is 0 Å². The van der Waals surface area contributed by atoms with E-state index in [2.05, 4.69) is 9.97 Å². The Morgan fingerprint density at radius 1 is 1.29 bits per heavy atom. The Morgan fingerprint density at radius 2 is 2.00 bits per heavy atom. The molecule has 0 radical (unpaired) electrons. The highest BCUT2D eigenvalue weighted by atomic mass is 19.4. The molecule has 0 spiro atoms. The van der Waals surface area contributed by atoms with Gasteiger partial charge in [0.1, 0.15) is 12.1 Å². The summed E-state index contributed by atoms with van der Waals surface area (Å²) in [6.45, 7) is 2.83. The molecule has 0 N–H and O–H groups in total. The maximum atomic E-state index is 12.3. The number of rotatable bonds is 2. The van der Waals surface area contributed by atoms with Crippen molar-refractivity contribution in [3.63, 3.8) is 0 Å². The highest BCUT2D eigenvalue weighted by molar-refractivity contribution is 5.70. The molecule has 3 nitrogen and oxygen atoms in total. The van der Waals surface area contributed by atoms with Gasteiger partial charge in [-0.1, -0.05) is 13.8 Å². The smallest absolute Gasteiger partial charge is 0.306 e. The van der Waals surface area contributed by atoms with Crippen LogP contribution in [0.5, 0.6) is 0 Å². The fourth-order valence-corrected chi connectivity index (χ4v) is 1.58. The van der Waals surface area contributed by atoms with Crippen LogP contribution in [0.25, 0.3) is 11.2 Å². The second-order valence-electron chi connectivity index (χ2n) is 4.22. The summed E-state index contributed by atoms with van der Waals surface area (Å²) >= 11 is 0. The van der Waals surface area contributed by atoms with Gasteiger partial charge in [0.05, 0.1) is 6.33 Å². The minimum atomic E-state index is -4.26. The van der Waals surface area contributed by atoms with Crippen LogP contribution in [0.4, 0.5) is 13.2 Å². The van der Waals surface area contributed by atoms with E-state index in [1.54, 1.807) is 12.1 Å². The van der Waals surface area contributed by atoms with Crippen LogP contribution in [0.1, 0.15) is 25.5 Å². The van der Waals surface area contributed by atoms with Gasteiger partial charge in [-0.25, -0.2) is 9.97 Å². The lowest BCUT2D eigenvalue weighted by Crippen LogP contribution is -2.17. The van der Waals surface area contributed by atoms with Crippen molar-refractivity contribution < 1.29 is 13.2 Å². The topological polar surface area (TPSA) is 30.7 Å². The number of imidazole rings is 1. The minimum absolute atomic E-state index is 0.175. The predicted octanol–water partition coefficient (Wildman–Crippen LogP) is 3.12. The zero-order chi connectivity index (χ0) is 12.6. The molecule has 2 heterocycles. The average Bonchev–Trinajstić information content (AvgIpc) is 2.58. The summed E-state index contributed by atoms with van der Waals surface area (Å²) in [5.74, 6) is 0.175. The molecule has 2 aromatic rings. The Kier molecular flexibility index (Phi) is 2.81. The molecule has 6 heteroatoms. The number of hydrogen-bond donors (Lipinski definition) is 0. The Balaban J connectivity index is 2.47. The van der Waals surface area contributed by atoms with Gasteiger partial charge in [0.2, 0.25) is 0 Å². The predicted molar refractivity (Wildman–Crippen MR) is 57.7 cm³/mol. The molecule has 17 heavy (non-hydrogen) atoms. The van der Waals surface area contributed by atoms with Crippen LogP contribution >= 0.6 is 0 Å². The standard InChI is InChI=1S/C11H12F3N3/c1-7(2)8-3-4-9-10(16-8)17(6-15-9)5-11(12,13)14/h3-4,6-7H,5H2,1-2H3. The molecule has 0 aliphatic heterocycles. The fourth-order valence-electron chi connectivity index (χ4n) is 1.58. The van der Waals surface area contributed by atoms with Crippen LogP contribution in [0, 0.1) is 0 Å². The lowest BCUT2D eigenvalue weighted by molar-refractivity contribution is -0.140. The molecule has 2 aromatic heterocycles. The Bertz CT molecular complexity index is 528. The zero-order valence-electron chi connectivity index (χ0n) is 9.49. The third-order valence-corrected chi connectivity index (χ3v) is 2.43. The van der Waals surface area contributed by atoms with Crippen molar-refractivity contribution in [3.05, 3.63) is 24.2 Å². The molecule has 0 atom stereocenters. The van der Waals surface area contributed by atoms with E-state index >= 15 is 0 Å². The van der Waals surface area contributed by atoms with Gasteiger partial charge in [-0.2, -0.15) is 13.2 Å². The van der Waals surface area contributed by atoms with Gasteiger partial charge in [-0.3, -0.25) is 0 Å². The van der Waals surface area contributed by atoms with E-state index in [-0.39, 0.29) is 11.6 Å². The lowest BCUT2D eigenvalue weighted by Gasteiger charge is -2.09. The average molecular weight is 243 g/mol. The summed E-state index contributed by atoms with van der Waals surface area (Å²) in [5, 5.41) is 0. The first kappa shape index (κ1) is 11.9. The first-order valence-corrected chi connectivity index (χ1v) is 5.25. The number of fused-ring (bicyclic) bond motifs is 1. The Labute approximate surface area is 96.3 Å². The third-order valence-electron chi connectivity index (χ3n) is 2.43. The van der Waals surface area contributed by atoms with Gasteiger partial charge in [-0.05, 0) is 18.1 Å². The quantitative estimate of drug-likeness (QED) is 0.811. The number of pyridine rings is 1. The van der Waals surface area contributed by atoms with Crippen molar-refractivity contribution in [1.82, 2.24) is 14.5 Å². The van der Waals surface area contributed by atoms with Crippen LogP contribution < -0.4 is 0 Å². The number of hydrogen-bond acceptors (Lipinski definition) is 2. The van der Waals surface area contributed by atoms with E-state index in [9.17, 15) is 13.2 Å². The van der Waals surface area contributed by atoms with E-state index < -0.39 is 12.7 Å². The molecule has 0 aliphatic carbocycles. The van der Waals surface area contributed by atoms with Gasteiger partial charge in [0, 0.05) is 5.69 Å².